The van der Waals surface area contributed by atoms with E-state index in [2.05, 4.69) is 5.32 Å². The van der Waals surface area contributed by atoms with Crippen molar-refractivity contribution in [3.8, 4) is 0 Å². The van der Waals surface area contributed by atoms with E-state index in [9.17, 15) is 13.9 Å². The molecule has 1 unspecified atom stereocenters. The molecule has 2 nitrogen and oxygen atoms in total. The van der Waals surface area contributed by atoms with Gasteiger partial charge in [-0.1, -0.05) is 0 Å². The third-order valence-corrected chi connectivity index (χ3v) is 2.45. The number of rotatable bonds is 3. The molecule has 0 aliphatic rings. The standard InChI is InChI=1S/C13H19F2NO/c1-12(2,3)16-8-13(4,17)9-5-10(14)7-11(15)6-9/h5-7,16-17H,8H2,1-4H3. The summed E-state index contributed by atoms with van der Waals surface area (Å²) in [6.45, 7) is 7.61. The van der Waals surface area contributed by atoms with Gasteiger partial charge in [0, 0.05) is 18.2 Å². The van der Waals surface area contributed by atoms with E-state index in [-0.39, 0.29) is 17.6 Å². The smallest absolute Gasteiger partial charge is 0.126 e. The van der Waals surface area contributed by atoms with E-state index in [0.717, 1.165) is 18.2 Å². The molecule has 17 heavy (non-hydrogen) atoms. The van der Waals surface area contributed by atoms with Crippen molar-refractivity contribution in [2.75, 3.05) is 6.54 Å². The quantitative estimate of drug-likeness (QED) is 0.855. The van der Waals surface area contributed by atoms with Gasteiger partial charge in [0.2, 0.25) is 0 Å². The maximum absolute atomic E-state index is 13.1. The Morgan fingerprint density at radius 1 is 1.06 bits per heavy atom. The highest BCUT2D eigenvalue weighted by Crippen LogP contribution is 2.22. The minimum absolute atomic E-state index is 0.171. The molecule has 1 atom stereocenters. The summed E-state index contributed by atoms with van der Waals surface area (Å²) in [6, 6.07) is 3.08. The van der Waals surface area contributed by atoms with Gasteiger partial charge >= 0.3 is 0 Å². The molecule has 0 bridgehead atoms. The van der Waals surface area contributed by atoms with Crippen LogP contribution in [0.5, 0.6) is 0 Å². The summed E-state index contributed by atoms with van der Waals surface area (Å²) >= 11 is 0. The van der Waals surface area contributed by atoms with Crippen LogP contribution in [-0.4, -0.2) is 17.2 Å². The molecule has 0 saturated heterocycles. The summed E-state index contributed by atoms with van der Waals surface area (Å²) in [5.41, 5.74) is -1.25. The summed E-state index contributed by atoms with van der Waals surface area (Å²) in [6.07, 6.45) is 0. The third kappa shape index (κ3) is 4.40. The van der Waals surface area contributed by atoms with Gasteiger partial charge in [-0.2, -0.15) is 0 Å². The van der Waals surface area contributed by atoms with Crippen LogP contribution < -0.4 is 5.32 Å². The number of nitrogens with one attached hydrogen (secondary N) is 1. The van der Waals surface area contributed by atoms with E-state index < -0.39 is 17.2 Å². The van der Waals surface area contributed by atoms with Crippen molar-refractivity contribution in [1.29, 1.82) is 0 Å². The second-order valence-electron chi connectivity index (χ2n) is 5.54. The lowest BCUT2D eigenvalue weighted by molar-refractivity contribution is 0.0495. The summed E-state index contributed by atoms with van der Waals surface area (Å²) < 4.78 is 26.1. The van der Waals surface area contributed by atoms with Gasteiger partial charge in [0.25, 0.3) is 0 Å². The summed E-state index contributed by atoms with van der Waals surface area (Å²) in [5.74, 6) is -1.37. The van der Waals surface area contributed by atoms with Crippen LogP contribution in [0.2, 0.25) is 0 Å². The molecule has 0 saturated carbocycles. The lowest BCUT2D eigenvalue weighted by Crippen LogP contribution is -2.44. The first kappa shape index (κ1) is 14.1. The van der Waals surface area contributed by atoms with Gasteiger partial charge in [-0.3, -0.25) is 0 Å². The first-order valence-electron chi connectivity index (χ1n) is 5.54. The molecule has 0 heterocycles. The molecule has 0 fully saturated rings. The van der Waals surface area contributed by atoms with Crippen molar-refractivity contribution in [2.45, 2.75) is 38.8 Å². The van der Waals surface area contributed by atoms with E-state index in [1.54, 1.807) is 0 Å². The van der Waals surface area contributed by atoms with Gasteiger partial charge in [0.1, 0.15) is 11.6 Å². The van der Waals surface area contributed by atoms with Gasteiger partial charge in [-0.25, -0.2) is 8.78 Å². The maximum Gasteiger partial charge on any atom is 0.126 e. The average molecular weight is 243 g/mol. The second-order valence-corrected chi connectivity index (χ2v) is 5.54. The van der Waals surface area contributed by atoms with Crippen LogP contribution in [0.15, 0.2) is 18.2 Å². The molecule has 0 aromatic heterocycles. The van der Waals surface area contributed by atoms with E-state index in [0.29, 0.717) is 0 Å². The van der Waals surface area contributed by atoms with Crippen molar-refractivity contribution in [2.24, 2.45) is 0 Å². The predicted molar refractivity (Wildman–Crippen MR) is 63.7 cm³/mol. The molecule has 96 valence electrons. The highest BCUT2D eigenvalue weighted by Gasteiger charge is 2.26. The van der Waals surface area contributed by atoms with Crippen molar-refractivity contribution in [3.63, 3.8) is 0 Å². The van der Waals surface area contributed by atoms with Crippen molar-refractivity contribution >= 4 is 0 Å². The van der Waals surface area contributed by atoms with Crippen molar-refractivity contribution in [1.82, 2.24) is 5.32 Å². The fourth-order valence-corrected chi connectivity index (χ4v) is 1.40. The number of hydrogen-bond donors (Lipinski definition) is 2. The molecular formula is C13H19F2NO. The molecule has 0 aliphatic heterocycles. The highest BCUT2D eigenvalue weighted by atomic mass is 19.1. The zero-order chi connectivity index (χ0) is 13.3. The molecular weight excluding hydrogens is 224 g/mol. The fourth-order valence-electron chi connectivity index (χ4n) is 1.40. The Morgan fingerprint density at radius 2 is 1.53 bits per heavy atom. The number of aliphatic hydroxyl groups is 1. The molecule has 0 spiro atoms. The van der Waals surface area contributed by atoms with E-state index >= 15 is 0 Å². The Bertz CT molecular complexity index is 377. The van der Waals surface area contributed by atoms with Gasteiger partial charge in [-0.05, 0) is 45.4 Å². The van der Waals surface area contributed by atoms with Crippen LogP contribution in [0.3, 0.4) is 0 Å². The Hall–Kier alpha value is -1.00. The Morgan fingerprint density at radius 3 is 1.94 bits per heavy atom. The summed E-state index contributed by atoms with van der Waals surface area (Å²) in [5, 5.41) is 13.3. The van der Waals surface area contributed by atoms with E-state index in [1.165, 1.54) is 6.92 Å². The normalized spacial score (nSPS) is 15.7. The predicted octanol–water partition coefficient (Wildman–Crippen LogP) is 2.56. The highest BCUT2D eigenvalue weighted by molar-refractivity contribution is 5.24. The molecule has 0 amide bonds. The number of benzene rings is 1. The number of halogens is 2. The largest absolute Gasteiger partial charge is 0.384 e. The van der Waals surface area contributed by atoms with Gasteiger partial charge in [0.15, 0.2) is 0 Å². The topological polar surface area (TPSA) is 32.3 Å². The zero-order valence-corrected chi connectivity index (χ0v) is 10.6. The lowest BCUT2D eigenvalue weighted by atomic mass is 9.94. The lowest BCUT2D eigenvalue weighted by Gasteiger charge is -2.29. The van der Waals surface area contributed by atoms with Crippen LogP contribution >= 0.6 is 0 Å². The molecule has 4 heteroatoms. The van der Waals surface area contributed by atoms with Crippen LogP contribution in [0.25, 0.3) is 0 Å². The minimum Gasteiger partial charge on any atom is -0.384 e. The van der Waals surface area contributed by atoms with Gasteiger partial charge < -0.3 is 10.4 Å². The molecule has 0 radical (unpaired) electrons. The second kappa shape index (κ2) is 4.70. The summed E-state index contributed by atoms with van der Waals surface area (Å²) in [7, 11) is 0. The Balaban J connectivity index is 2.88. The molecule has 0 aliphatic carbocycles. The molecule has 2 N–H and O–H groups in total. The average Bonchev–Trinajstić information content (AvgIpc) is 2.12. The van der Waals surface area contributed by atoms with Gasteiger partial charge in [0.05, 0.1) is 5.60 Å². The zero-order valence-electron chi connectivity index (χ0n) is 10.6. The first-order valence-corrected chi connectivity index (χ1v) is 5.54. The molecule has 1 rings (SSSR count). The van der Waals surface area contributed by atoms with Crippen molar-refractivity contribution < 1.29 is 13.9 Å². The van der Waals surface area contributed by atoms with E-state index in [1.807, 2.05) is 20.8 Å². The SMILES string of the molecule is CC(C)(C)NCC(C)(O)c1cc(F)cc(F)c1. The first-order chi connectivity index (χ1) is 7.60. The maximum atomic E-state index is 13.1. The van der Waals surface area contributed by atoms with Crippen molar-refractivity contribution in [3.05, 3.63) is 35.4 Å². The summed E-state index contributed by atoms with van der Waals surface area (Å²) in [4.78, 5) is 0. The van der Waals surface area contributed by atoms with E-state index in [4.69, 9.17) is 0 Å². The van der Waals surface area contributed by atoms with Crippen LogP contribution in [0.1, 0.15) is 33.3 Å². The fraction of sp³-hybridized carbons (Fsp3) is 0.538. The monoisotopic (exact) mass is 243 g/mol. The minimum atomic E-state index is -1.31. The van der Waals surface area contributed by atoms with Crippen LogP contribution in [0.4, 0.5) is 8.78 Å². The third-order valence-electron chi connectivity index (χ3n) is 2.45. The molecule has 1 aromatic rings. The van der Waals surface area contributed by atoms with Crippen LogP contribution in [-0.2, 0) is 5.60 Å². The van der Waals surface area contributed by atoms with Crippen LogP contribution in [0, 0.1) is 11.6 Å². The Labute approximate surface area is 101 Å². The number of β-amino-alcohol motifs (C(OH)–C–C–N with tert-alkyl or cyclic N) is 1. The van der Waals surface area contributed by atoms with Gasteiger partial charge in [-0.15, -0.1) is 0 Å². The number of hydrogen-bond acceptors (Lipinski definition) is 2. The molecule has 1 aromatic carbocycles. The Kier molecular flexibility index (Phi) is 3.89.